The first-order chi connectivity index (χ1) is 8.18. The van der Waals surface area contributed by atoms with Crippen molar-refractivity contribution in [3.8, 4) is 0 Å². The van der Waals surface area contributed by atoms with Gasteiger partial charge in [0.05, 0.1) is 6.42 Å². The van der Waals surface area contributed by atoms with E-state index in [0.29, 0.717) is 6.42 Å². The molecule has 0 bridgehead atoms. The Kier molecular flexibility index (Phi) is 3.38. The Morgan fingerprint density at radius 1 is 1.24 bits per heavy atom. The molecule has 0 radical (unpaired) electrons. The molecule has 2 rings (SSSR count). The standard InChI is InChI=1S/C14H16N2O/c1-11(2)16-13(8-9-15-16)10-14(17)12-6-4-3-5-7-12/h3-9,11H,10H2,1-2H3. The van der Waals surface area contributed by atoms with Gasteiger partial charge in [-0.25, -0.2) is 0 Å². The molecule has 0 spiro atoms. The van der Waals surface area contributed by atoms with Crippen molar-refractivity contribution < 1.29 is 4.79 Å². The van der Waals surface area contributed by atoms with Gasteiger partial charge < -0.3 is 0 Å². The fraction of sp³-hybridized carbons (Fsp3) is 0.286. The van der Waals surface area contributed by atoms with Crippen molar-refractivity contribution in [2.24, 2.45) is 0 Å². The van der Waals surface area contributed by atoms with Crippen molar-refractivity contribution >= 4 is 5.78 Å². The largest absolute Gasteiger partial charge is 0.294 e. The van der Waals surface area contributed by atoms with Crippen LogP contribution in [-0.4, -0.2) is 15.6 Å². The molecule has 0 saturated carbocycles. The molecular formula is C14H16N2O. The number of rotatable bonds is 4. The Morgan fingerprint density at radius 2 is 1.94 bits per heavy atom. The number of hydrogen-bond donors (Lipinski definition) is 0. The number of carbonyl (C=O) groups is 1. The van der Waals surface area contributed by atoms with Crippen LogP contribution in [0.3, 0.4) is 0 Å². The summed E-state index contributed by atoms with van der Waals surface area (Å²) in [6.45, 7) is 4.12. The van der Waals surface area contributed by atoms with Gasteiger partial charge in [-0.2, -0.15) is 5.10 Å². The molecule has 0 aliphatic carbocycles. The highest BCUT2D eigenvalue weighted by atomic mass is 16.1. The van der Waals surface area contributed by atoms with Crippen molar-refractivity contribution in [1.29, 1.82) is 0 Å². The van der Waals surface area contributed by atoms with Gasteiger partial charge >= 0.3 is 0 Å². The van der Waals surface area contributed by atoms with E-state index in [4.69, 9.17) is 0 Å². The monoisotopic (exact) mass is 228 g/mol. The molecule has 0 atom stereocenters. The summed E-state index contributed by atoms with van der Waals surface area (Å²) in [5.74, 6) is 0.132. The second-order valence-corrected chi connectivity index (χ2v) is 4.33. The lowest BCUT2D eigenvalue weighted by Crippen LogP contribution is -2.12. The van der Waals surface area contributed by atoms with Gasteiger partial charge in [0, 0.05) is 23.5 Å². The van der Waals surface area contributed by atoms with Crippen LogP contribution in [0.1, 0.15) is 35.9 Å². The molecule has 1 heterocycles. The first-order valence-electron chi connectivity index (χ1n) is 5.79. The molecule has 0 N–H and O–H groups in total. The van der Waals surface area contributed by atoms with Crippen LogP contribution in [0.25, 0.3) is 0 Å². The lowest BCUT2D eigenvalue weighted by Gasteiger charge is -2.10. The third kappa shape index (κ3) is 2.61. The van der Waals surface area contributed by atoms with Gasteiger partial charge in [-0.05, 0) is 19.9 Å². The maximum absolute atomic E-state index is 12.0. The van der Waals surface area contributed by atoms with E-state index in [-0.39, 0.29) is 11.8 Å². The van der Waals surface area contributed by atoms with Crippen LogP contribution in [0.5, 0.6) is 0 Å². The van der Waals surface area contributed by atoms with Gasteiger partial charge in [0.1, 0.15) is 0 Å². The maximum atomic E-state index is 12.0. The Balaban J connectivity index is 2.16. The number of hydrogen-bond acceptors (Lipinski definition) is 2. The second-order valence-electron chi connectivity index (χ2n) is 4.33. The Bertz CT molecular complexity index is 500. The lowest BCUT2D eigenvalue weighted by molar-refractivity contribution is 0.0990. The molecule has 17 heavy (non-hydrogen) atoms. The smallest absolute Gasteiger partial charge is 0.168 e. The lowest BCUT2D eigenvalue weighted by atomic mass is 10.1. The Hall–Kier alpha value is -1.90. The number of nitrogens with zero attached hydrogens (tertiary/aromatic N) is 2. The van der Waals surface area contributed by atoms with E-state index >= 15 is 0 Å². The van der Waals surface area contributed by atoms with Gasteiger partial charge in [-0.15, -0.1) is 0 Å². The molecule has 88 valence electrons. The molecule has 3 heteroatoms. The predicted octanol–water partition coefficient (Wildman–Crippen LogP) is 2.89. The minimum atomic E-state index is 0.132. The average Bonchev–Trinajstić information content (AvgIpc) is 2.78. The van der Waals surface area contributed by atoms with Crippen molar-refractivity contribution in [3.05, 3.63) is 53.9 Å². The minimum absolute atomic E-state index is 0.132. The van der Waals surface area contributed by atoms with Crippen LogP contribution in [0.2, 0.25) is 0 Å². The molecule has 0 aliphatic heterocycles. The molecule has 2 aromatic rings. The van der Waals surface area contributed by atoms with Crippen LogP contribution in [0.15, 0.2) is 42.6 Å². The van der Waals surface area contributed by atoms with Gasteiger partial charge in [0.25, 0.3) is 0 Å². The zero-order valence-electron chi connectivity index (χ0n) is 10.1. The number of benzene rings is 1. The number of ketones is 1. The van der Waals surface area contributed by atoms with Crippen LogP contribution in [0, 0.1) is 0 Å². The summed E-state index contributed by atoms with van der Waals surface area (Å²) in [7, 11) is 0. The summed E-state index contributed by atoms with van der Waals surface area (Å²) < 4.78 is 1.89. The molecular weight excluding hydrogens is 212 g/mol. The van der Waals surface area contributed by atoms with Crippen LogP contribution in [-0.2, 0) is 6.42 Å². The predicted molar refractivity (Wildman–Crippen MR) is 67.1 cm³/mol. The highest BCUT2D eigenvalue weighted by Gasteiger charge is 2.11. The zero-order chi connectivity index (χ0) is 12.3. The zero-order valence-corrected chi connectivity index (χ0v) is 10.1. The fourth-order valence-corrected chi connectivity index (χ4v) is 1.84. The number of Topliss-reactive ketones (excluding diaryl/α,β-unsaturated/α-hetero) is 1. The van der Waals surface area contributed by atoms with Crippen LogP contribution < -0.4 is 0 Å². The van der Waals surface area contributed by atoms with E-state index in [1.807, 2.05) is 41.1 Å². The molecule has 0 saturated heterocycles. The van der Waals surface area contributed by atoms with Crippen molar-refractivity contribution in [2.45, 2.75) is 26.3 Å². The van der Waals surface area contributed by atoms with E-state index in [1.165, 1.54) is 0 Å². The fourth-order valence-electron chi connectivity index (χ4n) is 1.84. The summed E-state index contributed by atoms with van der Waals surface area (Å²) in [6, 6.07) is 11.6. The molecule has 0 unspecified atom stereocenters. The molecule has 0 fully saturated rings. The van der Waals surface area contributed by atoms with Gasteiger partial charge in [0.15, 0.2) is 5.78 Å². The van der Waals surface area contributed by atoms with E-state index in [9.17, 15) is 4.79 Å². The number of aromatic nitrogens is 2. The third-order valence-corrected chi connectivity index (χ3v) is 2.68. The highest BCUT2D eigenvalue weighted by Crippen LogP contribution is 2.11. The molecule has 1 aromatic carbocycles. The first-order valence-corrected chi connectivity index (χ1v) is 5.79. The first kappa shape index (κ1) is 11.6. The van der Waals surface area contributed by atoms with Crippen LogP contribution in [0.4, 0.5) is 0 Å². The van der Waals surface area contributed by atoms with E-state index in [1.54, 1.807) is 6.20 Å². The van der Waals surface area contributed by atoms with Crippen molar-refractivity contribution in [3.63, 3.8) is 0 Å². The van der Waals surface area contributed by atoms with Crippen LogP contribution >= 0.6 is 0 Å². The second kappa shape index (κ2) is 4.95. The van der Waals surface area contributed by atoms with Crippen molar-refractivity contribution in [1.82, 2.24) is 9.78 Å². The summed E-state index contributed by atoms with van der Waals surface area (Å²) in [6.07, 6.45) is 2.15. The summed E-state index contributed by atoms with van der Waals surface area (Å²) in [5, 5.41) is 4.23. The highest BCUT2D eigenvalue weighted by molar-refractivity contribution is 5.97. The molecule has 1 aromatic heterocycles. The summed E-state index contributed by atoms with van der Waals surface area (Å²) >= 11 is 0. The molecule has 3 nitrogen and oxygen atoms in total. The third-order valence-electron chi connectivity index (χ3n) is 2.68. The molecule has 0 amide bonds. The topological polar surface area (TPSA) is 34.9 Å². The van der Waals surface area contributed by atoms with Crippen molar-refractivity contribution in [2.75, 3.05) is 0 Å². The van der Waals surface area contributed by atoms with E-state index in [0.717, 1.165) is 11.3 Å². The summed E-state index contributed by atoms with van der Waals surface area (Å²) in [4.78, 5) is 12.0. The van der Waals surface area contributed by atoms with Gasteiger partial charge in [0.2, 0.25) is 0 Å². The normalized spacial score (nSPS) is 10.8. The quantitative estimate of drug-likeness (QED) is 0.754. The van der Waals surface area contributed by atoms with Gasteiger partial charge in [-0.1, -0.05) is 30.3 Å². The average molecular weight is 228 g/mol. The molecule has 0 aliphatic rings. The van der Waals surface area contributed by atoms with E-state index < -0.39 is 0 Å². The Labute approximate surface area is 101 Å². The van der Waals surface area contributed by atoms with Gasteiger partial charge in [-0.3, -0.25) is 9.48 Å². The number of carbonyl (C=O) groups excluding carboxylic acids is 1. The van der Waals surface area contributed by atoms with E-state index in [2.05, 4.69) is 18.9 Å². The Morgan fingerprint density at radius 3 is 2.59 bits per heavy atom. The maximum Gasteiger partial charge on any atom is 0.168 e. The SMILES string of the molecule is CC(C)n1nccc1CC(=O)c1ccccc1. The minimum Gasteiger partial charge on any atom is -0.294 e. The summed E-state index contributed by atoms with van der Waals surface area (Å²) in [5.41, 5.74) is 1.72.